The van der Waals surface area contributed by atoms with Crippen LogP contribution in [0, 0.1) is 0 Å². The van der Waals surface area contributed by atoms with E-state index in [4.69, 9.17) is 0 Å². The lowest BCUT2D eigenvalue weighted by atomic mass is 10.1. The van der Waals surface area contributed by atoms with Crippen molar-refractivity contribution in [3.63, 3.8) is 0 Å². The van der Waals surface area contributed by atoms with Gasteiger partial charge in [-0.2, -0.15) is 0 Å². The summed E-state index contributed by atoms with van der Waals surface area (Å²) in [7, 11) is 0. The molecule has 0 spiro atoms. The standard InChI is InChI=1S/C16H24N4O6/c21-12-6-4-9(18-12)14(23)17-8-2-1-3-11(16(25)26)20-15(24)10-5-7-13(22)19-10/h9-11H,1-8H2,(H,17,23)(H,18,21)(H,19,22)(H,20,24)(H,25,26)/t9-,10-,11-/m0/s1. The lowest BCUT2D eigenvalue weighted by molar-refractivity contribution is -0.142. The molecule has 0 aromatic carbocycles. The van der Waals surface area contributed by atoms with E-state index in [0.717, 1.165) is 0 Å². The minimum Gasteiger partial charge on any atom is -0.480 e. The molecular formula is C16H24N4O6. The Morgan fingerprint density at radius 1 is 1.00 bits per heavy atom. The maximum atomic E-state index is 12.0. The number of aliphatic carboxylic acids is 1. The van der Waals surface area contributed by atoms with Gasteiger partial charge in [-0.3, -0.25) is 19.2 Å². The predicted molar refractivity (Wildman–Crippen MR) is 88.8 cm³/mol. The van der Waals surface area contributed by atoms with Gasteiger partial charge >= 0.3 is 5.97 Å². The Morgan fingerprint density at radius 2 is 1.58 bits per heavy atom. The molecule has 5 N–H and O–H groups in total. The van der Waals surface area contributed by atoms with Gasteiger partial charge in [0.05, 0.1) is 0 Å². The lowest BCUT2D eigenvalue weighted by Gasteiger charge is -2.17. The van der Waals surface area contributed by atoms with Gasteiger partial charge in [-0.25, -0.2) is 4.79 Å². The molecule has 2 aliphatic heterocycles. The fourth-order valence-electron chi connectivity index (χ4n) is 2.96. The second kappa shape index (κ2) is 9.16. The summed E-state index contributed by atoms with van der Waals surface area (Å²) in [4.78, 5) is 57.3. The molecule has 0 aliphatic carbocycles. The first-order valence-electron chi connectivity index (χ1n) is 8.76. The van der Waals surface area contributed by atoms with Crippen LogP contribution >= 0.6 is 0 Å². The number of carboxylic acids is 1. The van der Waals surface area contributed by atoms with Crippen molar-refractivity contribution in [2.24, 2.45) is 0 Å². The smallest absolute Gasteiger partial charge is 0.326 e. The van der Waals surface area contributed by atoms with Crippen LogP contribution in [-0.4, -0.2) is 59.4 Å². The van der Waals surface area contributed by atoms with E-state index >= 15 is 0 Å². The molecule has 0 aromatic heterocycles. The molecule has 2 aliphatic rings. The van der Waals surface area contributed by atoms with E-state index in [0.29, 0.717) is 38.6 Å². The van der Waals surface area contributed by atoms with Gasteiger partial charge in [0.25, 0.3) is 0 Å². The molecule has 2 rings (SSSR count). The summed E-state index contributed by atoms with van der Waals surface area (Å²) in [6, 6.07) is -2.20. The van der Waals surface area contributed by atoms with E-state index in [1.165, 1.54) is 0 Å². The summed E-state index contributed by atoms with van der Waals surface area (Å²) in [5.74, 6) is -2.22. The average Bonchev–Trinajstić information content (AvgIpc) is 3.21. The van der Waals surface area contributed by atoms with Crippen molar-refractivity contribution < 1.29 is 29.1 Å². The van der Waals surface area contributed by atoms with E-state index in [-0.39, 0.29) is 30.6 Å². The van der Waals surface area contributed by atoms with Crippen LogP contribution in [0.15, 0.2) is 0 Å². The summed E-state index contributed by atoms with van der Waals surface area (Å²) >= 11 is 0. The topological polar surface area (TPSA) is 154 Å². The molecule has 0 saturated carbocycles. The third kappa shape index (κ3) is 5.71. The number of amides is 4. The summed E-state index contributed by atoms with van der Waals surface area (Å²) in [6.45, 7) is 0.365. The van der Waals surface area contributed by atoms with Crippen LogP contribution in [0.5, 0.6) is 0 Å². The zero-order chi connectivity index (χ0) is 19.1. The van der Waals surface area contributed by atoms with Crippen molar-refractivity contribution in [3.05, 3.63) is 0 Å². The first-order chi connectivity index (χ1) is 12.4. The number of hydrogen-bond acceptors (Lipinski definition) is 5. The van der Waals surface area contributed by atoms with Gasteiger partial charge in [0, 0.05) is 19.4 Å². The maximum Gasteiger partial charge on any atom is 0.326 e. The highest BCUT2D eigenvalue weighted by molar-refractivity contribution is 5.93. The molecule has 2 saturated heterocycles. The number of carbonyl (C=O) groups is 5. The zero-order valence-electron chi connectivity index (χ0n) is 14.4. The van der Waals surface area contributed by atoms with Gasteiger partial charge < -0.3 is 26.4 Å². The number of carbonyl (C=O) groups excluding carboxylic acids is 4. The highest BCUT2D eigenvalue weighted by Crippen LogP contribution is 2.09. The summed E-state index contributed by atoms with van der Waals surface area (Å²) < 4.78 is 0. The third-order valence-corrected chi connectivity index (χ3v) is 4.46. The molecule has 0 unspecified atom stereocenters. The van der Waals surface area contributed by atoms with Crippen LogP contribution < -0.4 is 21.3 Å². The Hall–Kier alpha value is -2.65. The number of hydrogen-bond donors (Lipinski definition) is 5. The number of rotatable bonds is 9. The number of carboxylic acid groups (broad SMARTS) is 1. The summed E-state index contributed by atoms with van der Waals surface area (Å²) in [5.41, 5.74) is 0. The Bertz CT molecular complexity index is 593. The fraction of sp³-hybridized carbons (Fsp3) is 0.688. The Morgan fingerprint density at radius 3 is 2.08 bits per heavy atom. The molecule has 2 fully saturated rings. The normalized spacial score (nSPS) is 23.1. The summed E-state index contributed by atoms with van der Waals surface area (Å²) in [6.07, 6.45) is 2.71. The highest BCUT2D eigenvalue weighted by Gasteiger charge is 2.30. The van der Waals surface area contributed by atoms with Crippen LogP contribution in [0.25, 0.3) is 0 Å². The van der Waals surface area contributed by atoms with E-state index in [1.54, 1.807) is 0 Å². The molecule has 10 heteroatoms. The van der Waals surface area contributed by atoms with Crippen LogP contribution in [0.4, 0.5) is 0 Å². The molecule has 26 heavy (non-hydrogen) atoms. The quantitative estimate of drug-likeness (QED) is 0.309. The van der Waals surface area contributed by atoms with Crippen LogP contribution in [0.1, 0.15) is 44.9 Å². The van der Waals surface area contributed by atoms with Crippen molar-refractivity contribution >= 4 is 29.6 Å². The van der Waals surface area contributed by atoms with Crippen molar-refractivity contribution in [1.29, 1.82) is 0 Å². The minimum absolute atomic E-state index is 0.136. The van der Waals surface area contributed by atoms with Gasteiger partial charge in [-0.1, -0.05) is 0 Å². The highest BCUT2D eigenvalue weighted by atomic mass is 16.4. The minimum atomic E-state index is -1.14. The Balaban J connectivity index is 1.64. The molecule has 0 radical (unpaired) electrons. The van der Waals surface area contributed by atoms with E-state index < -0.39 is 30.0 Å². The first-order valence-corrected chi connectivity index (χ1v) is 8.76. The van der Waals surface area contributed by atoms with Crippen molar-refractivity contribution in [3.8, 4) is 0 Å². The van der Waals surface area contributed by atoms with Crippen LogP contribution in [-0.2, 0) is 24.0 Å². The van der Waals surface area contributed by atoms with Gasteiger partial charge in [-0.05, 0) is 32.1 Å². The largest absolute Gasteiger partial charge is 0.480 e. The third-order valence-electron chi connectivity index (χ3n) is 4.46. The maximum absolute atomic E-state index is 12.0. The van der Waals surface area contributed by atoms with Crippen molar-refractivity contribution in [2.75, 3.05) is 6.54 Å². The first kappa shape index (κ1) is 19.7. The van der Waals surface area contributed by atoms with Crippen molar-refractivity contribution in [1.82, 2.24) is 21.3 Å². The zero-order valence-corrected chi connectivity index (χ0v) is 14.4. The van der Waals surface area contributed by atoms with E-state index in [1.807, 2.05) is 0 Å². The molecule has 144 valence electrons. The molecule has 0 aromatic rings. The lowest BCUT2D eigenvalue weighted by Crippen LogP contribution is -2.48. The van der Waals surface area contributed by atoms with Gasteiger partial charge in [0.2, 0.25) is 23.6 Å². The average molecular weight is 368 g/mol. The molecule has 3 atom stereocenters. The monoisotopic (exact) mass is 368 g/mol. The van der Waals surface area contributed by atoms with Gasteiger partial charge in [0.1, 0.15) is 18.1 Å². The van der Waals surface area contributed by atoms with Crippen molar-refractivity contribution in [2.45, 2.75) is 63.1 Å². The Labute approximate surface area is 150 Å². The van der Waals surface area contributed by atoms with E-state index in [2.05, 4.69) is 21.3 Å². The molecule has 4 amide bonds. The predicted octanol–water partition coefficient (Wildman–Crippen LogP) is -1.60. The molecule has 0 bridgehead atoms. The fourth-order valence-corrected chi connectivity index (χ4v) is 2.96. The van der Waals surface area contributed by atoms with Crippen LogP contribution in [0.3, 0.4) is 0 Å². The number of unbranched alkanes of at least 4 members (excludes halogenated alkanes) is 1. The Kier molecular flexibility index (Phi) is 6.93. The van der Waals surface area contributed by atoms with E-state index in [9.17, 15) is 29.1 Å². The number of nitrogens with one attached hydrogen (secondary N) is 4. The molecular weight excluding hydrogens is 344 g/mol. The van der Waals surface area contributed by atoms with Gasteiger partial charge in [-0.15, -0.1) is 0 Å². The molecule has 2 heterocycles. The van der Waals surface area contributed by atoms with Crippen LogP contribution in [0.2, 0.25) is 0 Å². The van der Waals surface area contributed by atoms with Gasteiger partial charge in [0.15, 0.2) is 0 Å². The molecule has 10 nitrogen and oxygen atoms in total. The second-order valence-electron chi connectivity index (χ2n) is 6.50. The summed E-state index contributed by atoms with van der Waals surface area (Å²) in [5, 5.41) is 19.4. The second-order valence-corrected chi connectivity index (χ2v) is 6.50. The SMILES string of the molecule is O=C1CC[C@@H](C(=O)NCCCC[C@H](NC(=O)[C@@H]2CCC(=O)N2)C(=O)O)N1.